The summed E-state index contributed by atoms with van der Waals surface area (Å²) >= 11 is 0. The molecule has 0 amide bonds. The lowest BCUT2D eigenvalue weighted by Crippen LogP contribution is -2.43. The van der Waals surface area contributed by atoms with Gasteiger partial charge in [-0.3, -0.25) is 0 Å². The molecule has 0 aromatic heterocycles. The summed E-state index contributed by atoms with van der Waals surface area (Å²) in [6.07, 6.45) is 2.68. The molecular weight excluding hydrogens is 288 g/mol. The van der Waals surface area contributed by atoms with Gasteiger partial charge in [-0.1, -0.05) is 13.8 Å². The average Bonchev–Trinajstić information content (AvgIpc) is 2.43. The molecule has 1 unspecified atom stereocenters. The van der Waals surface area contributed by atoms with Crippen LogP contribution in [0.2, 0.25) is 0 Å². The third-order valence-electron chi connectivity index (χ3n) is 3.67. The van der Waals surface area contributed by atoms with Crippen molar-refractivity contribution in [2.45, 2.75) is 46.1 Å². The van der Waals surface area contributed by atoms with Crippen LogP contribution in [0.1, 0.15) is 40.0 Å². The Bertz CT molecular complexity index is 345. The summed E-state index contributed by atoms with van der Waals surface area (Å²) in [7, 11) is 0.132. The Balaban J connectivity index is 4.08. The van der Waals surface area contributed by atoms with Gasteiger partial charge >= 0.3 is 0 Å². The predicted octanol–water partition coefficient (Wildman–Crippen LogP) is 0.873. The topological polar surface area (TPSA) is 64.7 Å². The van der Waals surface area contributed by atoms with Gasteiger partial charge in [0.2, 0.25) is 0 Å². The van der Waals surface area contributed by atoms with E-state index >= 15 is 0 Å². The Kier molecular flexibility index (Phi) is 11.3. The second-order valence-electron chi connectivity index (χ2n) is 5.47. The molecule has 0 bridgehead atoms. The molecule has 0 aromatic rings. The number of hydrogen-bond acceptors (Lipinski definition) is 4. The van der Waals surface area contributed by atoms with Crippen molar-refractivity contribution >= 4 is 10.2 Å². The minimum atomic E-state index is -3.36. The summed E-state index contributed by atoms with van der Waals surface area (Å²) in [5, 5.41) is 3.02. The Labute approximate surface area is 131 Å². The lowest BCUT2D eigenvalue weighted by atomic mass is 10.2. The van der Waals surface area contributed by atoms with Crippen LogP contribution in [-0.2, 0) is 10.2 Å². The largest absolute Gasteiger partial charge is 0.320 e. The molecule has 2 N–H and O–H groups in total. The van der Waals surface area contributed by atoms with E-state index in [1.54, 1.807) is 7.05 Å². The Morgan fingerprint density at radius 2 is 1.71 bits per heavy atom. The molecule has 7 heteroatoms. The molecule has 0 radical (unpaired) electrons. The molecule has 0 saturated heterocycles. The highest BCUT2D eigenvalue weighted by Gasteiger charge is 2.19. The Hall–Kier alpha value is -0.210. The first kappa shape index (κ1) is 20.8. The molecule has 1 atom stereocenters. The zero-order chi connectivity index (χ0) is 16.3. The molecular formula is C14H34N4O2S. The Morgan fingerprint density at radius 3 is 2.24 bits per heavy atom. The van der Waals surface area contributed by atoms with Gasteiger partial charge in [0.15, 0.2) is 0 Å². The summed E-state index contributed by atoms with van der Waals surface area (Å²) in [6, 6.07) is -0.0303. The number of hydrogen-bond donors (Lipinski definition) is 2. The van der Waals surface area contributed by atoms with Gasteiger partial charge < -0.3 is 10.2 Å². The van der Waals surface area contributed by atoms with Crippen LogP contribution in [0, 0.1) is 0 Å². The quantitative estimate of drug-likeness (QED) is 0.494. The first-order valence-electron chi connectivity index (χ1n) is 7.97. The monoisotopic (exact) mass is 322 g/mol. The van der Waals surface area contributed by atoms with Crippen molar-refractivity contribution in [3.8, 4) is 0 Å². The first-order chi connectivity index (χ1) is 9.87. The molecule has 128 valence electrons. The normalized spacial score (nSPS) is 14.0. The SMILES string of the molecule is CCN(CC)CCCC(C)NS(=O)(=O)N(C)CCCNC. The van der Waals surface area contributed by atoms with Gasteiger partial charge in [0.25, 0.3) is 10.2 Å². The van der Waals surface area contributed by atoms with E-state index in [-0.39, 0.29) is 6.04 Å². The van der Waals surface area contributed by atoms with Gasteiger partial charge in [-0.05, 0) is 59.4 Å². The number of nitrogens with zero attached hydrogens (tertiary/aromatic N) is 2. The van der Waals surface area contributed by atoms with Crippen LogP contribution < -0.4 is 10.0 Å². The van der Waals surface area contributed by atoms with Crippen molar-refractivity contribution in [3.63, 3.8) is 0 Å². The van der Waals surface area contributed by atoms with Crippen LogP contribution in [0.3, 0.4) is 0 Å². The minimum Gasteiger partial charge on any atom is -0.320 e. The molecule has 0 rings (SSSR count). The van der Waals surface area contributed by atoms with Crippen molar-refractivity contribution in [3.05, 3.63) is 0 Å². The molecule has 0 aliphatic carbocycles. The summed E-state index contributed by atoms with van der Waals surface area (Å²) in [4.78, 5) is 2.35. The maximum atomic E-state index is 12.1. The van der Waals surface area contributed by atoms with E-state index in [9.17, 15) is 8.42 Å². The molecule has 0 spiro atoms. The highest BCUT2D eigenvalue weighted by molar-refractivity contribution is 7.87. The summed E-state index contributed by atoms with van der Waals surface area (Å²) in [6.45, 7) is 10.7. The fourth-order valence-electron chi connectivity index (χ4n) is 2.16. The molecule has 0 aromatic carbocycles. The molecule has 0 heterocycles. The van der Waals surface area contributed by atoms with Gasteiger partial charge in [-0.15, -0.1) is 0 Å². The second kappa shape index (κ2) is 11.4. The third kappa shape index (κ3) is 9.42. The van der Waals surface area contributed by atoms with E-state index in [1.165, 1.54) is 4.31 Å². The van der Waals surface area contributed by atoms with Gasteiger partial charge in [-0.2, -0.15) is 17.4 Å². The summed E-state index contributed by atoms with van der Waals surface area (Å²) < 4.78 is 28.4. The van der Waals surface area contributed by atoms with Crippen LogP contribution in [-0.4, -0.2) is 70.5 Å². The van der Waals surface area contributed by atoms with E-state index in [1.807, 2.05) is 14.0 Å². The smallest absolute Gasteiger partial charge is 0.279 e. The van der Waals surface area contributed by atoms with Crippen molar-refractivity contribution in [1.82, 2.24) is 19.2 Å². The fourth-order valence-corrected chi connectivity index (χ4v) is 3.34. The molecule has 0 saturated carbocycles. The van der Waals surface area contributed by atoms with Crippen molar-refractivity contribution < 1.29 is 8.42 Å². The van der Waals surface area contributed by atoms with Crippen molar-refractivity contribution in [2.75, 3.05) is 46.8 Å². The molecule has 0 aliphatic heterocycles. The highest BCUT2D eigenvalue weighted by Crippen LogP contribution is 2.03. The molecule has 0 aliphatic rings. The van der Waals surface area contributed by atoms with E-state index in [2.05, 4.69) is 28.8 Å². The van der Waals surface area contributed by atoms with Crippen LogP contribution in [0.25, 0.3) is 0 Å². The molecule has 0 fully saturated rings. The van der Waals surface area contributed by atoms with Crippen LogP contribution in [0.15, 0.2) is 0 Å². The van der Waals surface area contributed by atoms with Crippen LogP contribution in [0.5, 0.6) is 0 Å². The minimum absolute atomic E-state index is 0.0303. The first-order valence-corrected chi connectivity index (χ1v) is 9.41. The average molecular weight is 323 g/mol. The van der Waals surface area contributed by atoms with Gasteiger partial charge in [0.1, 0.15) is 0 Å². The molecule has 6 nitrogen and oxygen atoms in total. The summed E-state index contributed by atoms with van der Waals surface area (Å²) in [5.41, 5.74) is 0. The van der Waals surface area contributed by atoms with Gasteiger partial charge in [0, 0.05) is 19.6 Å². The Morgan fingerprint density at radius 1 is 1.10 bits per heavy atom. The maximum absolute atomic E-state index is 12.1. The van der Waals surface area contributed by atoms with Gasteiger partial charge in [-0.25, -0.2) is 0 Å². The third-order valence-corrected chi connectivity index (χ3v) is 5.37. The zero-order valence-corrected chi connectivity index (χ0v) is 15.2. The number of nitrogens with one attached hydrogen (secondary N) is 2. The maximum Gasteiger partial charge on any atom is 0.279 e. The molecule has 21 heavy (non-hydrogen) atoms. The van der Waals surface area contributed by atoms with Crippen molar-refractivity contribution in [1.29, 1.82) is 0 Å². The summed E-state index contributed by atoms with van der Waals surface area (Å²) in [5.74, 6) is 0. The van der Waals surface area contributed by atoms with E-state index in [0.29, 0.717) is 6.54 Å². The van der Waals surface area contributed by atoms with E-state index in [0.717, 1.165) is 45.4 Å². The standard InChI is InChI=1S/C14H34N4O2S/c1-6-18(7-2)13-8-10-14(3)16-21(19,20)17(5)12-9-11-15-4/h14-16H,6-13H2,1-5H3. The van der Waals surface area contributed by atoms with Crippen LogP contribution in [0.4, 0.5) is 0 Å². The predicted molar refractivity (Wildman–Crippen MR) is 89.7 cm³/mol. The second-order valence-corrected chi connectivity index (χ2v) is 7.28. The van der Waals surface area contributed by atoms with Crippen LogP contribution >= 0.6 is 0 Å². The lowest BCUT2D eigenvalue weighted by molar-refractivity contribution is 0.292. The van der Waals surface area contributed by atoms with Crippen molar-refractivity contribution in [2.24, 2.45) is 0 Å². The highest BCUT2D eigenvalue weighted by atomic mass is 32.2. The van der Waals surface area contributed by atoms with E-state index in [4.69, 9.17) is 0 Å². The lowest BCUT2D eigenvalue weighted by Gasteiger charge is -2.22. The fraction of sp³-hybridized carbons (Fsp3) is 1.00. The van der Waals surface area contributed by atoms with Gasteiger partial charge in [0.05, 0.1) is 0 Å². The van der Waals surface area contributed by atoms with E-state index < -0.39 is 10.2 Å². The number of rotatable bonds is 13. The zero-order valence-electron chi connectivity index (χ0n) is 14.4.